The van der Waals surface area contributed by atoms with Gasteiger partial charge in [0.15, 0.2) is 5.82 Å². The molecule has 1 fully saturated rings. The highest BCUT2D eigenvalue weighted by Gasteiger charge is 2.30. The number of amides is 2. The van der Waals surface area contributed by atoms with E-state index in [1.807, 2.05) is 45.2 Å². The minimum absolute atomic E-state index is 0.0670. The number of benzene rings is 1. The van der Waals surface area contributed by atoms with E-state index in [0.29, 0.717) is 12.3 Å². The Kier molecular flexibility index (Phi) is 5.65. The molecule has 0 radical (unpaired) electrons. The van der Waals surface area contributed by atoms with E-state index in [1.165, 1.54) is 0 Å². The van der Waals surface area contributed by atoms with Gasteiger partial charge in [-0.25, -0.2) is 4.79 Å². The van der Waals surface area contributed by atoms with Crippen molar-refractivity contribution in [3.05, 3.63) is 35.5 Å². The molecular formula is C22H29N5O3. The van der Waals surface area contributed by atoms with E-state index in [-0.39, 0.29) is 24.1 Å². The van der Waals surface area contributed by atoms with E-state index in [0.717, 1.165) is 54.1 Å². The molecule has 1 aromatic carbocycles. The quantitative estimate of drug-likeness (QED) is 0.694. The average molecular weight is 412 g/mol. The molecule has 0 spiro atoms. The van der Waals surface area contributed by atoms with Gasteiger partial charge < -0.3 is 20.3 Å². The number of H-pyrrole nitrogens is 1. The first-order valence-electron chi connectivity index (χ1n) is 10.6. The molecule has 2 aromatic rings. The summed E-state index contributed by atoms with van der Waals surface area (Å²) in [5.41, 5.74) is 4.10. The first-order chi connectivity index (χ1) is 14.4. The van der Waals surface area contributed by atoms with Crippen LogP contribution in [0, 0.1) is 0 Å². The lowest BCUT2D eigenvalue weighted by molar-refractivity contribution is -0.118. The number of aromatic nitrogens is 2. The third kappa shape index (κ3) is 4.27. The maximum Gasteiger partial charge on any atom is 0.407 e. The van der Waals surface area contributed by atoms with Crippen molar-refractivity contribution in [2.45, 2.75) is 64.0 Å². The molecule has 1 saturated carbocycles. The van der Waals surface area contributed by atoms with Gasteiger partial charge >= 0.3 is 6.09 Å². The van der Waals surface area contributed by atoms with Gasteiger partial charge in [0.1, 0.15) is 6.10 Å². The maximum atomic E-state index is 12.0. The summed E-state index contributed by atoms with van der Waals surface area (Å²) < 4.78 is 5.53. The Morgan fingerprint density at radius 3 is 2.93 bits per heavy atom. The van der Waals surface area contributed by atoms with Crippen LogP contribution in [-0.2, 0) is 16.0 Å². The molecule has 2 atom stereocenters. The van der Waals surface area contributed by atoms with E-state index in [1.54, 1.807) is 4.90 Å². The molecule has 8 nitrogen and oxygen atoms in total. The summed E-state index contributed by atoms with van der Waals surface area (Å²) in [5, 5.41) is 13.7. The summed E-state index contributed by atoms with van der Waals surface area (Å²) in [6, 6.07) is 8.03. The number of hydrogen-bond acceptors (Lipinski definition) is 5. The summed E-state index contributed by atoms with van der Waals surface area (Å²) in [7, 11) is 1.82. The van der Waals surface area contributed by atoms with Crippen molar-refractivity contribution in [3.63, 3.8) is 0 Å². The van der Waals surface area contributed by atoms with Crippen LogP contribution in [0.3, 0.4) is 0 Å². The first-order valence-corrected chi connectivity index (χ1v) is 10.6. The molecule has 0 bridgehead atoms. The summed E-state index contributed by atoms with van der Waals surface area (Å²) in [5.74, 6) is 1.18. The van der Waals surface area contributed by atoms with E-state index < -0.39 is 0 Å². The monoisotopic (exact) mass is 411 g/mol. The van der Waals surface area contributed by atoms with Gasteiger partial charge in [-0.2, -0.15) is 5.10 Å². The Morgan fingerprint density at radius 2 is 2.13 bits per heavy atom. The average Bonchev–Trinajstić information content (AvgIpc) is 3.34. The molecule has 1 aromatic heterocycles. The van der Waals surface area contributed by atoms with Gasteiger partial charge in [0.2, 0.25) is 5.91 Å². The molecule has 0 saturated heterocycles. The van der Waals surface area contributed by atoms with Crippen molar-refractivity contribution in [2.75, 3.05) is 17.3 Å². The van der Waals surface area contributed by atoms with Crippen LogP contribution in [0.5, 0.6) is 0 Å². The number of carbonyl (C=O) groups excluding carboxylic acids is 2. The second-order valence-corrected chi connectivity index (χ2v) is 8.43. The largest absolute Gasteiger partial charge is 0.446 e. The zero-order chi connectivity index (χ0) is 21.3. The van der Waals surface area contributed by atoms with Crippen LogP contribution in [0.1, 0.15) is 56.7 Å². The second-order valence-electron chi connectivity index (χ2n) is 8.43. The van der Waals surface area contributed by atoms with Crippen molar-refractivity contribution in [1.82, 2.24) is 15.5 Å². The van der Waals surface area contributed by atoms with Gasteiger partial charge in [-0.1, -0.05) is 6.07 Å². The van der Waals surface area contributed by atoms with Crippen molar-refractivity contribution in [1.29, 1.82) is 0 Å². The number of carbonyl (C=O) groups is 2. The van der Waals surface area contributed by atoms with Crippen molar-refractivity contribution < 1.29 is 14.3 Å². The van der Waals surface area contributed by atoms with Crippen molar-refractivity contribution in [3.8, 4) is 0 Å². The molecule has 4 rings (SSSR count). The molecule has 8 heteroatoms. The summed E-state index contributed by atoms with van der Waals surface area (Å²) >= 11 is 0. The van der Waals surface area contributed by atoms with Crippen molar-refractivity contribution >= 4 is 29.2 Å². The molecule has 2 aliphatic rings. The highest BCUT2D eigenvalue weighted by Crippen LogP contribution is 2.37. The lowest BCUT2D eigenvalue weighted by Crippen LogP contribution is -2.33. The van der Waals surface area contributed by atoms with Gasteiger partial charge in [-0.15, -0.1) is 0 Å². The SMILES string of the molecule is CC(C)NC(=O)O[C@@H]1CC[C@H](c2cc(Nc3cccc4c3CCC(=O)N4C)n[nH]2)C1. The minimum Gasteiger partial charge on any atom is -0.446 e. The Balaban J connectivity index is 1.40. The Hall–Kier alpha value is -3.03. The second kappa shape index (κ2) is 8.38. The Labute approximate surface area is 176 Å². The lowest BCUT2D eigenvalue weighted by Gasteiger charge is -2.27. The van der Waals surface area contributed by atoms with Gasteiger partial charge in [0, 0.05) is 48.6 Å². The predicted octanol–water partition coefficient (Wildman–Crippen LogP) is 3.83. The van der Waals surface area contributed by atoms with Crippen LogP contribution in [0.2, 0.25) is 0 Å². The zero-order valence-electron chi connectivity index (χ0n) is 17.7. The summed E-state index contributed by atoms with van der Waals surface area (Å²) in [6.45, 7) is 3.83. The summed E-state index contributed by atoms with van der Waals surface area (Å²) in [4.78, 5) is 25.5. The van der Waals surface area contributed by atoms with E-state index in [2.05, 4.69) is 20.8 Å². The molecule has 0 unspecified atom stereocenters. The molecule has 1 aliphatic heterocycles. The highest BCUT2D eigenvalue weighted by atomic mass is 16.6. The molecule has 1 aliphatic carbocycles. The molecule has 2 amide bonds. The maximum absolute atomic E-state index is 12.0. The first kappa shape index (κ1) is 20.3. The van der Waals surface area contributed by atoms with Crippen LogP contribution in [0.4, 0.5) is 22.0 Å². The number of ether oxygens (including phenoxy) is 1. The topological polar surface area (TPSA) is 99.3 Å². The molecular weight excluding hydrogens is 382 g/mol. The van der Waals surface area contributed by atoms with E-state index in [9.17, 15) is 9.59 Å². The van der Waals surface area contributed by atoms with Gasteiger partial charge in [0.05, 0.1) is 0 Å². The van der Waals surface area contributed by atoms with E-state index in [4.69, 9.17) is 4.74 Å². The van der Waals surface area contributed by atoms with Gasteiger partial charge in [0.25, 0.3) is 0 Å². The number of alkyl carbamates (subject to hydrolysis) is 1. The molecule has 2 heterocycles. The minimum atomic E-state index is -0.347. The van der Waals surface area contributed by atoms with Gasteiger partial charge in [-0.3, -0.25) is 9.89 Å². The van der Waals surface area contributed by atoms with Crippen molar-refractivity contribution in [2.24, 2.45) is 0 Å². The third-order valence-corrected chi connectivity index (χ3v) is 5.84. The molecule has 160 valence electrons. The number of aromatic amines is 1. The number of nitrogens with zero attached hydrogens (tertiary/aromatic N) is 2. The smallest absolute Gasteiger partial charge is 0.407 e. The number of fused-ring (bicyclic) bond motifs is 1. The molecule has 30 heavy (non-hydrogen) atoms. The standard InChI is InChI=1S/C22H29N5O3/c1-13(2)23-22(29)30-15-8-7-14(11-15)18-12-20(26-25-18)24-17-5-4-6-19-16(17)9-10-21(28)27(19)3/h4-6,12-15H,7-11H2,1-3H3,(H,23,29)(H2,24,25,26)/t14-,15+/m0/s1. The van der Waals surface area contributed by atoms with Crippen LogP contribution in [0.15, 0.2) is 24.3 Å². The fourth-order valence-corrected chi connectivity index (χ4v) is 4.30. The van der Waals surface area contributed by atoms with Gasteiger partial charge in [-0.05, 0) is 57.2 Å². The van der Waals surface area contributed by atoms with Crippen LogP contribution >= 0.6 is 0 Å². The number of hydrogen-bond donors (Lipinski definition) is 3. The third-order valence-electron chi connectivity index (χ3n) is 5.84. The number of rotatable bonds is 5. The molecule has 3 N–H and O–H groups in total. The normalized spacial score (nSPS) is 20.9. The number of anilines is 3. The van der Waals surface area contributed by atoms with Crippen LogP contribution in [0.25, 0.3) is 0 Å². The van der Waals surface area contributed by atoms with Crippen LogP contribution in [-0.4, -0.2) is 41.4 Å². The summed E-state index contributed by atoms with van der Waals surface area (Å²) in [6.07, 6.45) is 3.42. The Morgan fingerprint density at radius 1 is 1.30 bits per heavy atom. The Bertz CT molecular complexity index is 939. The van der Waals surface area contributed by atoms with Crippen LogP contribution < -0.4 is 15.5 Å². The number of nitrogens with one attached hydrogen (secondary N) is 3. The highest BCUT2D eigenvalue weighted by molar-refractivity contribution is 5.97. The fraction of sp³-hybridized carbons (Fsp3) is 0.500. The predicted molar refractivity (Wildman–Crippen MR) is 115 cm³/mol. The lowest BCUT2D eigenvalue weighted by atomic mass is 9.99. The zero-order valence-corrected chi connectivity index (χ0v) is 17.7. The fourth-order valence-electron chi connectivity index (χ4n) is 4.30. The van der Waals surface area contributed by atoms with E-state index >= 15 is 0 Å².